The monoisotopic (exact) mass is 228 g/mol. The van der Waals surface area contributed by atoms with Crippen molar-refractivity contribution in [1.29, 1.82) is 0 Å². The van der Waals surface area contributed by atoms with Crippen LogP contribution in [0.4, 0.5) is 0 Å². The topological polar surface area (TPSA) is 0 Å². The number of hydrogen-bond donors (Lipinski definition) is 1. The molecule has 1 aromatic carbocycles. The molecule has 0 radical (unpaired) electrons. The molecule has 0 aliphatic heterocycles. The quantitative estimate of drug-likeness (QED) is 0.706. The molecule has 0 bridgehead atoms. The van der Waals surface area contributed by atoms with Gasteiger partial charge in [-0.1, -0.05) is 48.6 Å². The Morgan fingerprint density at radius 1 is 1.25 bits per heavy atom. The van der Waals surface area contributed by atoms with Crippen molar-refractivity contribution in [2.45, 2.75) is 19.8 Å². The van der Waals surface area contributed by atoms with E-state index in [-0.39, 0.29) is 0 Å². The summed E-state index contributed by atoms with van der Waals surface area (Å²) in [5.74, 6) is 0. The Hall–Kier alpha value is -1.21. The molecule has 0 saturated carbocycles. The molecule has 0 unspecified atom stereocenters. The van der Waals surface area contributed by atoms with Gasteiger partial charge in [0.15, 0.2) is 0 Å². The fourth-order valence-corrected chi connectivity index (χ4v) is 2.18. The lowest BCUT2D eigenvalue weighted by atomic mass is 9.94. The number of hydrogen-bond acceptors (Lipinski definition) is 1. The van der Waals surface area contributed by atoms with Crippen LogP contribution < -0.4 is 0 Å². The molecule has 1 heteroatoms. The minimum atomic E-state index is 1.03. The molecule has 0 saturated heterocycles. The van der Waals surface area contributed by atoms with Gasteiger partial charge < -0.3 is 0 Å². The van der Waals surface area contributed by atoms with E-state index in [0.717, 1.165) is 23.3 Å². The first-order valence-electron chi connectivity index (χ1n) is 5.53. The Kier molecular flexibility index (Phi) is 3.35. The van der Waals surface area contributed by atoms with Crippen molar-refractivity contribution in [2.75, 3.05) is 0 Å². The zero-order valence-corrected chi connectivity index (χ0v) is 10.4. The fourth-order valence-electron chi connectivity index (χ4n) is 1.84. The Labute approximate surface area is 103 Å². The molecule has 0 heterocycles. The second-order valence-electron chi connectivity index (χ2n) is 4.15. The van der Waals surface area contributed by atoms with E-state index in [4.69, 9.17) is 0 Å². The Morgan fingerprint density at radius 3 is 2.56 bits per heavy atom. The molecule has 16 heavy (non-hydrogen) atoms. The Bertz CT molecular complexity index is 461. The van der Waals surface area contributed by atoms with E-state index >= 15 is 0 Å². The molecule has 0 nitrogen and oxygen atoms in total. The highest BCUT2D eigenvalue weighted by atomic mass is 32.1. The molecular formula is C15H16S. The minimum absolute atomic E-state index is 1.03. The van der Waals surface area contributed by atoms with Crippen LogP contribution in [0.1, 0.15) is 24.0 Å². The lowest BCUT2D eigenvalue weighted by molar-refractivity contribution is 1.01. The summed E-state index contributed by atoms with van der Waals surface area (Å²) in [7, 11) is 0. The maximum absolute atomic E-state index is 4.53. The van der Waals surface area contributed by atoms with Crippen LogP contribution in [0.15, 0.2) is 53.5 Å². The summed E-state index contributed by atoms with van der Waals surface area (Å²) in [5.41, 5.74) is 4.70. The Morgan fingerprint density at radius 2 is 1.94 bits per heavy atom. The molecular weight excluding hydrogens is 212 g/mol. The highest BCUT2D eigenvalue weighted by Gasteiger charge is 2.09. The largest absolute Gasteiger partial charge is 0.147 e. The van der Waals surface area contributed by atoms with E-state index in [1.807, 2.05) is 0 Å². The van der Waals surface area contributed by atoms with Gasteiger partial charge in [-0.15, -0.1) is 12.6 Å². The number of aryl methyl sites for hydroxylation is 1. The number of rotatable bonds is 2. The molecule has 1 aromatic rings. The third-order valence-corrected chi connectivity index (χ3v) is 3.33. The van der Waals surface area contributed by atoms with Crippen LogP contribution in [0.5, 0.6) is 0 Å². The normalized spacial score (nSPS) is 15.4. The van der Waals surface area contributed by atoms with Crippen LogP contribution in [-0.4, -0.2) is 0 Å². The highest BCUT2D eigenvalue weighted by Crippen LogP contribution is 2.31. The number of thiol groups is 1. The van der Waals surface area contributed by atoms with Gasteiger partial charge in [0.1, 0.15) is 0 Å². The average molecular weight is 228 g/mol. The Balaban J connectivity index is 2.32. The van der Waals surface area contributed by atoms with Crippen molar-refractivity contribution in [3.63, 3.8) is 0 Å². The second-order valence-corrected chi connectivity index (χ2v) is 4.69. The van der Waals surface area contributed by atoms with Gasteiger partial charge in [0.05, 0.1) is 0 Å². The molecule has 2 rings (SSSR count). The van der Waals surface area contributed by atoms with Crippen LogP contribution in [0.2, 0.25) is 0 Å². The summed E-state index contributed by atoms with van der Waals surface area (Å²) in [6.45, 7) is 6.26. The molecule has 0 aromatic heterocycles. The second kappa shape index (κ2) is 4.75. The molecule has 0 fully saturated rings. The van der Waals surface area contributed by atoms with E-state index in [0.29, 0.717) is 0 Å². The number of allylic oxidation sites excluding steroid dienone is 5. The van der Waals surface area contributed by atoms with Crippen LogP contribution in [-0.2, 0) is 0 Å². The molecule has 0 atom stereocenters. The SMILES string of the molecule is C=C(C1=C(S)CCC=C1)c1ccc(C)cc1. The van der Waals surface area contributed by atoms with E-state index < -0.39 is 0 Å². The summed E-state index contributed by atoms with van der Waals surface area (Å²) < 4.78 is 0. The first-order valence-corrected chi connectivity index (χ1v) is 5.98. The lowest BCUT2D eigenvalue weighted by Gasteiger charge is -2.14. The van der Waals surface area contributed by atoms with Gasteiger partial charge in [-0.3, -0.25) is 0 Å². The van der Waals surface area contributed by atoms with Gasteiger partial charge >= 0.3 is 0 Å². The molecule has 1 aliphatic carbocycles. The third kappa shape index (κ3) is 2.30. The van der Waals surface area contributed by atoms with Gasteiger partial charge in [0, 0.05) is 0 Å². The van der Waals surface area contributed by atoms with E-state index in [1.165, 1.54) is 16.7 Å². The van der Waals surface area contributed by atoms with Crippen molar-refractivity contribution in [3.8, 4) is 0 Å². The fraction of sp³-hybridized carbons (Fsp3) is 0.200. The summed E-state index contributed by atoms with van der Waals surface area (Å²) in [4.78, 5) is 1.15. The molecule has 0 amide bonds. The molecule has 82 valence electrons. The smallest absolute Gasteiger partial charge is 0.00943 e. The van der Waals surface area contributed by atoms with Crippen LogP contribution in [0.25, 0.3) is 5.57 Å². The van der Waals surface area contributed by atoms with Crippen LogP contribution >= 0.6 is 12.6 Å². The molecule has 1 aliphatic rings. The van der Waals surface area contributed by atoms with Crippen molar-refractivity contribution in [3.05, 3.63) is 64.6 Å². The van der Waals surface area contributed by atoms with Gasteiger partial charge in [0.2, 0.25) is 0 Å². The van der Waals surface area contributed by atoms with E-state index in [1.54, 1.807) is 0 Å². The lowest BCUT2D eigenvalue weighted by Crippen LogP contribution is -1.93. The zero-order valence-electron chi connectivity index (χ0n) is 9.53. The van der Waals surface area contributed by atoms with E-state index in [9.17, 15) is 0 Å². The third-order valence-electron chi connectivity index (χ3n) is 2.87. The van der Waals surface area contributed by atoms with Crippen LogP contribution in [0, 0.1) is 6.92 Å². The summed E-state index contributed by atoms with van der Waals surface area (Å²) in [5, 5.41) is 0. The van der Waals surface area contributed by atoms with Gasteiger partial charge in [-0.25, -0.2) is 0 Å². The number of benzene rings is 1. The summed E-state index contributed by atoms with van der Waals surface area (Å²) >= 11 is 4.53. The van der Waals surface area contributed by atoms with Gasteiger partial charge in [-0.05, 0) is 41.4 Å². The van der Waals surface area contributed by atoms with E-state index in [2.05, 4.69) is 62.5 Å². The van der Waals surface area contributed by atoms with Gasteiger partial charge in [-0.2, -0.15) is 0 Å². The predicted molar refractivity (Wildman–Crippen MR) is 74.6 cm³/mol. The van der Waals surface area contributed by atoms with Crippen molar-refractivity contribution < 1.29 is 0 Å². The molecule has 0 spiro atoms. The van der Waals surface area contributed by atoms with Crippen molar-refractivity contribution in [2.24, 2.45) is 0 Å². The highest BCUT2D eigenvalue weighted by molar-refractivity contribution is 7.84. The van der Waals surface area contributed by atoms with Crippen molar-refractivity contribution >= 4 is 18.2 Å². The standard InChI is InChI=1S/C15H16S/c1-11-7-9-13(10-8-11)12(2)14-5-3-4-6-15(14)16/h3,5,7-10,16H,2,4,6H2,1H3. The first-order chi connectivity index (χ1) is 7.68. The maximum atomic E-state index is 4.53. The average Bonchev–Trinajstić information content (AvgIpc) is 2.30. The van der Waals surface area contributed by atoms with Crippen LogP contribution in [0.3, 0.4) is 0 Å². The minimum Gasteiger partial charge on any atom is -0.147 e. The molecule has 0 N–H and O–H groups in total. The first kappa shape index (κ1) is 11.3. The predicted octanol–water partition coefficient (Wildman–Crippen LogP) is 4.54. The summed E-state index contributed by atoms with van der Waals surface area (Å²) in [6, 6.07) is 8.47. The summed E-state index contributed by atoms with van der Waals surface area (Å²) in [6.07, 6.45) is 6.44. The van der Waals surface area contributed by atoms with Gasteiger partial charge in [0.25, 0.3) is 0 Å². The van der Waals surface area contributed by atoms with Crippen molar-refractivity contribution in [1.82, 2.24) is 0 Å². The maximum Gasteiger partial charge on any atom is -0.00943 e. The zero-order chi connectivity index (χ0) is 11.5.